The van der Waals surface area contributed by atoms with Crippen LogP contribution in [0.15, 0.2) is 43.6 Å². The number of hydrogen-bond acceptors (Lipinski definition) is 6. The molecule has 3 rings (SSSR count). The largest absolute Gasteiger partial charge is 0.372 e. The Morgan fingerprint density at radius 2 is 2.00 bits per heavy atom. The van der Waals surface area contributed by atoms with E-state index in [0.717, 1.165) is 16.7 Å². The van der Waals surface area contributed by atoms with Gasteiger partial charge in [0, 0.05) is 31.8 Å². The van der Waals surface area contributed by atoms with E-state index in [1.165, 1.54) is 10.9 Å². The number of rotatable bonds is 6. The molecule has 0 saturated carbocycles. The molecule has 0 N–H and O–H groups in total. The summed E-state index contributed by atoms with van der Waals surface area (Å²) < 4.78 is 14.9. The van der Waals surface area contributed by atoms with Crippen molar-refractivity contribution in [1.29, 1.82) is 5.26 Å². The molecule has 7 nitrogen and oxygen atoms in total. The molecule has 0 spiro atoms. The summed E-state index contributed by atoms with van der Waals surface area (Å²) in [5.41, 5.74) is 3.56. The number of hydrogen-bond donors (Lipinski definition) is 0. The second kappa shape index (κ2) is 10.3. The maximum absolute atomic E-state index is 14.9. The molecule has 0 fully saturated rings. The summed E-state index contributed by atoms with van der Waals surface area (Å²) in [4.78, 5) is 7.62. The highest BCUT2D eigenvalue weighted by Crippen LogP contribution is 2.30. The quantitative estimate of drug-likeness (QED) is 0.570. The van der Waals surface area contributed by atoms with Gasteiger partial charge in [-0.15, -0.1) is 23.4 Å². The van der Waals surface area contributed by atoms with Gasteiger partial charge in [-0.3, -0.25) is 4.98 Å². The number of halogens is 1. The van der Waals surface area contributed by atoms with Crippen LogP contribution < -0.4 is 4.90 Å². The van der Waals surface area contributed by atoms with Gasteiger partial charge in [0.1, 0.15) is 11.5 Å². The molecular weight excluding hydrogens is 381 g/mol. The lowest BCUT2D eigenvalue weighted by atomic mass is 10.0. The third kappa shape index (κ3) is 5.26. The normalized spacial score (nSPS) is 11.2. The summed E-state index contributed by atoms with van der Waals surface area (Å²) in [7, 11) is 3.54. The summed E-state index contributed by atoms with van der Waals surface area (Å²) in [6.45, 7) is 10.5. The molecule has 3 aromatic rings. The first-order valence-corrected chi connectivity index (χ1v) is 9.48. The third-order valence-corrected chi connectivity index (χ3v) is 4.50. The second-order valence-corrected chi connectivity index (χ2v) is 7.01. The van der Waals surface area contributed by atoms with Gasteiger partial charge in [-0.1, -0.05) is 13.0 Å². The van der Waals surface area contributed by atoms with Crippen molar-refractivity contribution in [2.75, 3.05) is 18.5 Å². The highest BCUT2D eigenvalue weighted by molar-refractivity contribution is 5.70. The van der Waals surface area contributed by atoms with Gasteiger partial charge in [0.25, 0.3) is 0 Å². The molecule has 0 aliphatic carbocycles. The van der Waals surface area contributed by atoms with E-state index >= 15 is 0 Å². The van der Waals surface area contributed by atoms with Gasteiger partial charge in [0.15, 0.2) is 0 Å². The lowest BCUT2D eigenvalue weighted by molar-refractivity contribution is 0.574. The Balaban J connectivity index is 0.00000155. The number of nitriles is 1. The van der Waals surface area contributed by atoms with E-state index in [-0.39, 0.29) is 11.7 Å². The van der Waals surface area contributed by atoms with E-state index in [1.54, 1.807) is 19.3 Å². The number of tetrazole rings is 1. The van der Waals surface area contributed by atoms with Gasteiger partial charge >= 0.3 is 0 Å². The number of pyridine rings is 1. The Labute approximate surface area is 176 Å². The summed E-state index contributed by atoms with van der Waals surface area (Å²) >= 11 is 0. The van der Waals surface area contributed by atoms with E-state index in [2.05, 4.69) is 39.6 Å². The Morgan fingerprint density at radius 1 is 1.27 bits per heavy atom. The van der Waals surface area contributed by atoms with Crippen molar-refractivity contribution in [2.45, 2.75) is 20.3 Å². The van der Waals surface area contributed by atoms with Crippen LogP contribution >= 0.6 is 0 Å². The molecule has 1 aromatic carbocycles. The first kappa shape index (κ1) is 22.7. The second-order valence-electron chi connectivity index (χ2n) is 7.01. The summed E-state index contributed by atoms with van der Waals surface area (Å²) in [5.74, 6) is 0.320. The van der Waals surface area contributed by atoms with Crippen molar-refractivity contribution in [3.8, 4) is 28.7 Å². The Kier molecular flexibility index (Phi) is 7.76. The molecular formula is C22H26FN7. The molecule has 0 aliphatic heterocycles. The van der Waals surface area contributed by atoms with Crippen LogP contribution in [-0.2, 0) is 7.05 Å². The van der Waals surface area contributed by atoms with Crippen molar-refractivity contribution in [2.24, 2.45) is 13.0 Å². The monoisotopic (exact) mass is 407 g/mol. The Morgan fingerprint density at radius 3 is 2.53 bits per heavy atom. The molecule has 156 valence electrons. The summed E-state index contributed by atoms with van der Waals surface area (Å²) in [6, 6.07) is 9.29. The Hall–Kier alpha value is -3.60. The van der Waals surface area contributed by atoms with Crippen LogP contribution in [0.2, 0.25) is 0 Å². The van der Waals surface area contributed by atoms with Crippen LogP contribution in [-0.4, -0.2) is 38.8 Å². The predicted molar refractivity (Wildman–Crippen MR) is 116 cm³/mol. The van der Waals surface area contributed by atoms with E-state index in [9.17, 15) is 4.39 Å². The highest BCUT2D eigenvalue weighted by Gasteiger charge is 2.16. The average molecular weight is 407 g/mol. The number of benzene rings is 1. The minimum Gasteiger partial charge on any atom is -0.372 e. The smallest absolute Gasteiger partial charge is 0.223 e. The van der Waals surface area contributed by atoms with Crippen LogP contribution in [0.25, 0.3) is 22.6 Å². The summed E-state index contributed by atoms with van der Waals surface area (Å²) in [6.07, 6.45) is 2.13. The molecule has 2 aromatic heterocycles. The zero-order chi connectivity index (χ0) is 22.3. The fraction of sp³-hybridized carbons (Fsp3) is 0.318. The van der Waals surface area contributed by atoms with E-state index in [4.69, 9.17) is 5.26 Å². The third-order valence-electron chi connectivity index (χ3n) is 4.50. The minimum absolute atomic E-state index is 0.167. The van der Waals surface area contributed by atoms with Crippen LogP contribution in [0, 0.1) is 30.0 Å². The van der Waals surface area contributed by atoms with Crippen LogP contribution in [0.3, 0.4) is 0 Å². The lowest BCUT2D eigenvalue weighted by Gasteiger charge is -2.25. The van der Waals surface area contributed by atoms with Crippen molar-refractivity contribution >= 4 is 5.69 Å². The van der Waals surface area contributed by atoms with Crippen LogP contribution in [0.1, 0.15) is 18.9 Å². The van der Waals surface area contributed by atoms with Gasteiger partial charge in [-0.05, 0) is 47.4 Å². The zero-order valence-electron chi connectivity index (χ0n) is 17.8. The standard InChI is InChI=1S/C20H22FN7.C2H4/c1-13(7-8-22)12-27(3)19-14(2)9-16(10-17(19)21)15-5-6-18(23-11-15)20-24-26-28(4)25-20;1-2/h5-6,9-11,13H,7,12H2,1-4H3;1-2H2. The van der Waals surface area contributed by atoms with Gasteiger partial charge in [-0.2, -0.15) is 10.1 Å². The number of anilines is 1. The van der Waals surface area contributed by atoms with Crippen molar-refractivity contribution in [3.63, 3.8) is 0 Å². The minimum atomic E-state index is -0.290. The molecule has 1 atom stereocenters. The van der Waals surface area contributed by atoms with Gasteiger partial charge in [0.05, 0.1) is 18.8 Å². The van der Waals surface area contributed by atoms with E-state index in [0.29, 0.717) is 30.2 Å². The van der Waals surface area contributed by atoms with E-state index in [1.807, 2.05) is 37.9 Å². The maximum Gasteiger partial charge on any atom is 0.223 e. The fourth-order valence-corrected chi connectivity index (χ4v) is 3.25. The SMILES string of the molecule is C=C.Cc1cc(-c2ccc(-c3nnn(C)n3)nc2)cc(F)c1N(C)CC(C)CC#N. The molecule has 0 bridgehead atoms. The average Bonchev–Trinajstić information content (AvgIpc) is 3.15. The molecule has 0 amide bonds. The number of aromatic nitrogens is 5. The highest BCUT2D eigenvalue weighted by atomic mass is 19.1. The van der Waals surface area contributed by atoms with Gasteiger partial charge < -0.3 is 4.90 Å². The first-order valence-electron chi connectivity index (χ1n) is 9.48. The first-order chi connectivity index (χ1) is 14.4. The van der Waals surface area contributed by atoms with Gasteiger partial charge in [0.2, 0.25) is 5.82 Å². The molecule has 0 saturated heterocycles. The van der Waals surface area contributed by atoms with Crippen LogP contribution in [0.4, 0.5) is 10.1 Å². The number of nitrogens with zero attached hydrogens (tertiary/aromatic N) is 7. The molecule has 0 aliphatic rings. The lowest BCUT2D eigenvalue weighted by Crippen LogP contribution is -2.25. The van der Waals surface area contributed by atoms with Crippen molar-refractivity contribution in [3.05, 3.63) is 55.0 Å². The van der Waals surface area contributed by atoms with Crippen molar-refractivity contribution < 1.29 is 4.39 Å². The Bertz CT molecular complexity index is 998. The van der Waals surface area contributed by atoms with E-state index < -0.39 is 0 Å². The fourth-order valence-electron chi connectivity index (χ4n) is 3.25. The molecule has 2 heterocycles. The molecule has 0 radical (unpaired) electrons. The van der Waals surface area contributed by atoms with Crippen LogP contribution in [0.5, 0.6) is 0 Å². The zero-order valence-corrected chi connectivity index (χ0v) is 17.8. The summed E-state index contributed by atoms with van der Waals surface area (Å²) in [5, 5.41) is 20.7. The molecule has 8 heteroatoms. The van der Waals surface area contributed by atoms with Crippen molar-refractivity contribution in [1.82, 2.24) is 25.2 Å². The number of aryl methyl sites for hydroxylation is 2. The topological polar surface area (TPSA) is 83.5 Å². The van der Waals surface area contributed by atoms with Gasteiger partial charge in [-0.25, -0.2) is 4.39 Å². The maximum atomic E-state index is 14.9. The molecule has 30 heavy (non-hydrogen) atoms. The molecule has 1 unspecified atom stereocenters. The predicted octanol–water partition coefficient (Wildman–Crippen LogP) is 4.17.